The van der Waals surface area contributed by atoms with Gasteiger partial charge in [-0.25, -0.2) is 9.59 Å². The Labute approximate surface area is 149 Å². The first-order chi connectivity index (χ1) is 12.3. The molecule has 26 heavy (non-hydrogen) atoms. The number of hydrogen-bond acceptors (Lipinski definition) is 6. The van der Waals surface area contributed by atoms with E-state index in [9.17, 15) is 14.7 Å². The van der Waals surface area contributed by atoms with E-state index in [1.165, 1.54) is 38.4 Å². The summed E-state index contributed by atoms with van der Waals surface area (Å²) in [6.07, 6.45) is 0.460. The highest BCUT2D eigenvalue weighted by Gasteiger charge is 2.15. The average Bonchev–Trinajstić information content (AvgIpc) is 2.60. The third kappa shape index (κ3) is 4.50. The van der Waals surface area contributed by atoms with Gasteiger partial charge < -0.3 is 24.8 Å². The van der Waals surface area contributed by atoms with Crippen molar-refractivity contribution in [3.05, 3.63) is 47.5 Å². The van der Waals surface area contributed by atoms with Crippen LogP contribution < -0.4 is 9.47 Å². The van der Waals surface area contributed by atoms with E-state index in [4.69, 9.17) is 19.7 Å². The van der Waals surface area contributed by atoms with Gasteiger partial charge in [-0.1, -0.05) is 0 Å². The molecule has 0 amide bonds. The van der Waals surface area contributed by atoms with Crippen LogP contribution in [0.1, 0.15) is 22.8 Å². The second-order valence-electron chi connectivity index (χ2n) is 5.27. The van der Waals surface area contributed by atoms with Crippen LogP contribution in [0.5, 0.6) is 17.2 Å². The Kier molecular flexibility index (Phi) is 5.79. The highest BCUT2D eigenvalue weighted by atomic mass is 16.5. The highest BCUT2D eigenvalue weighted by Crippen LogP contribution is 2.29. The summed E-state index contributed by atoms with van der Waals surface area (Å²) < 4.78 is 10.5. The minimum atomic E-state index is -1.23. The molecule has 0 aromatic heterocycles. The van der Waals surface area contributed by atoms with Crippen LogP contribution >= 0.6 is 0 Å². The zero-order valence-corrected chi connectivity index (χ0v) is 14.0. The van der Waals surface area contributed by atoms with Gasteiger partial charge in [0.05, 0.1) is 12.8 Å². The number of aromatic hydroxyl groups is 1. The molecule has 0 spiro atoms. The number of aliphatic carboxylic acids is 1. The van der Waals surface area contributed by atoms with Crippen molar-refractivity contribution < 1.29 is 34.4 Å². The number of rotatable bonds is 7. The Morgan fingerprint density at radius 2 is 1.85 bits per heavy atom. The zero-order chi connectivity index (χ0) is 19.3. The van der Waals surface area contributed by atoms with E-state index in [0.29, 0.717) is 17.0 Å². The van der Waals surface area contributed by atoms with Crippen molar-refractivity contribution in [1.82, 2.24) is 0 Å². The third-order valence-electron chi connectivity index (χ3n) is 3.41. The molecule has 0 unspecified atom stereocenters. The van der Waals surface area contributed by atoms with Crippen LogP contribution in [0.4, 0.5) is 5.69 Å². The van der Waals surface area contributed by atoms with E-state index in [1.807, 2.05) is 0 Å². The molecule has 0 saturated heterocycles. The summed E-state index contributed by atoms with van der Waals surface area (Å²) in [4.78, 5) is 25.9. The van der Waals surface area contributed by atoms with E-state index in [0.717, 1.165) is 0 Å². The Hall–Kier alpha value is -3.55. The summed E-state index contributed by atoms with van der Waals surface area (Å²) in [5.74, 6) is -2.08. The van der Waals surface area contributed by atoms with E-state index < -0.39 is 18.0 Å². The maximum atomic E-state index is 10.9. The molecule has 0 fully saturated rings. The average molecular weight is 359 g/mol. The number of aromatic carboxylic acids is 1. The number of carboxylic acids is 2. The molecule has 0 saturated carbocycles. The number of aliphatic imine (C=N–C) groups is 1. The maximum absolute atomic E-state index is 10.9. The van der Waals surface area contributed by atoms with Gasteiger partial charge in [-0.15, -0.1) is 0 Å². The highest BCUT2D eigenvalue weighted by molar-refractivity contribution is 5.91. The maximum Gasteiger partial charge on any atom is 0.344 e. The molecule has 0 aliphatic rings. The summed E-state index contributed by atoms with van der Waals surface area (Å²) in [7, 11) is 1.43. The number of methoxy groups -OCH3 is 1. The van der Waals surface area contributed by atoms with Crippen molar-refractivity contribution in [2.75, 3.05) is 7.11 Å². The van der Waals surface area contributed by atoms with Gasteiger partial charge in [0.15, 0.2) is 17.6 Å². The SMILES string of the molecule is COc1cc(C=Nc2ccc(C(=O)O)c(O)c2)ccc1O[C@@H](C)C(=O)O. The fraction of sp³-hybridized carbons (Fsp3) is 0.167. The fourth-order valence-electron chi connectivity index (χ4n) is 2.03. The molecule has 0 aliphatic heterocycles. The topological polar surface area (TPSA) is 126 Å². The molecule has 136 valence electrons. The summed E-state index contributed by atoms with van der Waals surface area (Å²) in [6.45, 7) is 1.41. The molecule has 0 bridgehead atoms. The third-order valence-corrected chi connectivity index (χ3v) is 3.41. The lowest BCUT2D eigenvalue weighted by atomic mass is 10.2. The molecule has 2 aromatic carbocycles. The van der Waals surface area contributed by atoms with Crippen molar-refractivity contribution in [2.24, 2.45) is 4.99 Å². The van der Waals surface area contributed by atoms with Crippen LogP contribution in [-0.2, 0) is 4.79 Å². The monoisotopic (exact) mass is 359 g/mol. The smallest absolute Gasteiger partial charge is 0.344 e. The molecule has 3 N–H and O–H groups in total. The first-order valence-electron chi connectivity index (χ1n) is 7.49. The number of carboxylic acid groups (broad SMARTS) is 2. The number of carbonyl (C=O) groups is 2. The van der Waals surface area contributed by atoms with Gasteiger partial charge >= 0.3 is 11.9 Å². The molecule has 8 nitrogen and oxygen atoms in total. The van der Waals surface area contributed by atoms with Crippen molar-refractivity contribution in [3.8, 4) is 17.2 Å². The molecule has 2 aromatic rings. The van der Waals surface area contributed by atoms with Crippen LogP contribution in [0, 0.1) is 0 Å². The fourth-order valence-corrected chi connectivity index (χ4v) is 2.03. The predicted octanol–water partition coefficient (Wildman–Crippen LogP) is 2.70. The Balaban J connectivity index is 2.21. The van der Waals surface area contributed by atoms with Gasteiger partial charge in [-0.3, -0.25) is 4.99 Å². The molecule has 1 atom stereocenters. The van der Waals surface area contributed by atoms with Crippen LogP contribution in [0.2, 0.25) is 0 Å². The largest absolute Gasteiger partial charge is 0.507 e. The minimum Gasteiger partial charge on any atom is -0.507 e. The van der Waals surface area contributed by atoms with Gasteiger partial charge in [-0.05, 0) is 42.8 Å². The molecular weight excluding hydrogens is 342 g/mol. The molecule has 8 heteroatoms. The van der Waals surface area contributed by atoms with Crippen LogP contribution in [0.25, 0.3) is 0 Å². The van der Waals surface area contributed by atoms with Crippen LogP contribution in [-0.4, -0.2) is 46.7 Å². The normalized spacial score (nSPS) is 11.9. The zero-order valence-electron chi connectivity index (χ0n) is 14.0. The van der Waals surface area contributed by atoms with E-state index >= 15 is 0 Å². The van der Waals surface area contributed by atoms with Crippen molar-refractivity contribution in [1.29, 1.82) is 0 Å². The summed E-state index contributed by atoms with van der Waals surface area (Å²) in [5, 5.41) is 27.5. The van der Waals surface area contributed by atoms with E-state index in [-0.39, 0.29) is 17.1 Å². The van der Waals surface area contributed by atoms with Gasteiger partial charge in [0.1, 0.15) is 11.3 Å². The predicted molar refractivity (Wildman–Crippen MR) is 93.0 cm³/mol. The minimum absolute atomic E-state index is 0.209. The molecule has 0 radical (unpaired) electrons. The molecular formula is C18H17NO7. The van der Waals surface area contributed by atoms with Gasteiger partial charge in [0.25, 0.3) is 0 Å². The number of phenols is 1. The molecule has 0 aliphatic carbocycles. The van der Waals surface area contributed by atoms with E-state index in [2.05, 4.69) is 4.99 Å². The first kappa shape index (κ1) is 18.8. The molecule has 0 heterocycles. The Morgan fingerprint density at radius 3 is 2.42 bits per heavy atom. The quantitative estimate of drug-likeness (QED) is 0.649. The lowest BCUT2D eigenvalue weighted by Crippen LogP contribution is -2.23. The van der Waals surface area contributed by atoms with Crippen molar-refractivity contribution in [3.63, 3.8) is 0 Å². The summed E-state index contributed by atoms with van der Waals surface area (Å²) in [6, 6.07) is 8.78. The second-order valence-corrected chi connectivity index (χ2v) is 5.27. The standard InChI is InChI=1S/C18H17NO7/c1-10(17(21)22)26-15-6-3-11(7-16(15)25-2)9-19-12-4-5-13(18(23)24)14(20)8-12/h3-10,20H,1-2H3,(H,21,22)(H,23,24)/t10-/m0/s1. The van der Waals surface area contributed by atoms with Gasteiger partial charge in [0, 0.05) is 12.3 Å². The van der Waals surface area contributed by atoms with Crippen LogP contribution in [0.3, 0.4) is 0 Å². The number of ether oxygens (including phenoxy) is 2. The summed E-state index contributed by atoms with van der Waals surface area (Å²) in [5.41, 5.74) is 0.796. The first-order valence-corrected chi connectivity index (χ1v) is 7.49. The van der Waals surface area contributed by atoms with Crippen LogP contribution in [0.15, 0.2) is 41.4 Å². The molecule has 2 rings (SSSR count). The number of hydrogen-bond donors (Lipinski definition) is 3. The lowest BCUT2D eigenvalue weighted by molar-refractivity contribution is -0.144. The number of nitrogens with zero attached hydrogens (tertiary/aromatic N) is 1. The lowest BCUT2D eigenvalue weighted by Gasteiger charge is -2.14. The second kappa shape index (κ2) is 8.02. The van der Waals surface area contributed by atoms with Gasteiger partial charge in [-0.2, -0.15) is 0 Å². The Morgan fingerprint density at radius 1 is 1.12 bits per heavy atom. The van der Waals surface area contributed by atoms with E-state index in [1.54, 1.807) is 18.2 Å². The van der Waals surface area contributed by atoms with Crippen molar-refractivity contribution in [2.45, 2.75) is 13.0 Å². The summed E-state index contributed by atoms with van der Waals surface area (Å²) >= 11 is 0. The number of benzene rings is 2. The Bertz CT molecular complexity index is 861. The van der Waals surface area contributed by atoms with Crippen molar-refractivity contribution >= 4 is 23.8 Å². The van der Waals surface area contributed by atoms with Gasteiger partial charge in [0.2, 0.25) is 0 Å².